The molecule has 0 aromatic heterocycles. The summed E-state index contributed by atoms with van der Waals surface area (Å²) in [5.41, 5.74) is 1.22. The van der Waals surface area contributed by atoms with Gasteiger partial charge in [-0.2, -0.15) is 0 Å². The van der Waals surface area contributed by atoms with Crippen molar-refractivity contribution in [1.29, 1.82) is 0 Å². The van der Waals surface area contributed by atoms with Crippen LogP contribution in [0.3, 0.4) is 0 Å². The average molecular weight is 417 g/mol. The van der Waals surface area contributed by atoms with Crippen LogP contribution in [0.15, 0.2) is 42.5 Å². The molecule has 0 radical (unpaired) electrons. The van der Waals surface area contributed by atoms with Crippen molar-refractivity contribution < 1.29 is 19.1 Å². The molecule has 29 heavy (non-hydrogen) atoms. The summed E-state index contributed by atoms with van der Waals surface area (Å²) < 4.78 is 10.8. The average Bonchev–Trinajstić information content (AvgIpc) is 3.12. The quantitative estimate of drug-likeness (QED) is 0.761. The molecule has 1 atom stereocenters. The number of nitrogens with zero attached hydrogens (tertiary/aromatic N) is 1. The van der Waals surface area contributed by atoms with Crippen LogP contribution in [0.5, 0.6) is 5.75 Å². The van der Waals surface area contributed by atoms with Crippen molar-refractivity contribution in [2.45, 2.75) is 38.8 Å². The smallest absolute Gasteiger partial charge is 0.410 e. The summed E-state index contributed by atoms with van der Waals surface area (Å²) in [5.74, 6) is 0.181. The van der Waals surface area contributed by atoms with Crippen LogP contribution >= 0.6 is 11.6 Å². The number of methoxy groups -OCH3 is 1. The Bertz CT molecular complexity index is 903. The standard InChI is InChI=1S/C22H25ClN2O4/c1-15-12-18(19(28-3)13-17(15)23)24-20(26)22(2)10-7-11-25(22)21(27)29-14-16-8-5-4-6-9-16/h4-6,8-9,12-13H,7,10-11,14H2,1-3H3,(H,24,26). The highest BCUT2D eigenvalue weighted by Crippen LogP contribution is 2.35. The molecule has 7 heteroatoms. The summed E-state index contributed by atoms with van der Waals surface area (Å²) in [6.07, 6.45) is 0.776. The van der Waals surface area contributed by atoms with Crippen LogP contribution in [0.1, 0.15) is 30.9 Å². The number of aryl methyl sites for hydroxylation is 1. The largest absolute Gasteiger partial charge is 0.495 e. The van der Waals surface area contributed by atoms with Crippen LogP contribution in [0.25, 0.3) is 0 Å². The van der Waals surface area contributed by atoms with Gasteiger partial charge in [-0.25, -0.2) is 4.79 Å². The third-order valence-electron chi connectivity index (χ3n) is 5.28. The topological polar surface area (TPSA) is 67.9 Å². The van der Waals surface area contributed by atoms with Gasteiger partial charge in [-0.15, -0.1) is 0 Å². The fourth-order valence-electron chi connectivity index (χ4n) is 3.48. The van der Waals surface area contributed by atoms with E-state index in [1.54, 1.807) is 19.1 Å². The lowest BCUT2D eigenvalue weighted by atomic mass is 9.97. The summed E-state index contributed by atoms with van der Waals surface area (Å²) >= 11 is 6.14. The van der Waals surface area contributed by atoms with Gasteiger partial charge < -0.3 is 14.8 Å². The minimum absolute atomic E-state index is 0.165. The first-order chi connectivity index (χ1) is 13.8. The summed E-state index contributed by atoms with van der Waals surface area (Å²) in [5, 5.41) is 3.45. The SMILES string of the molecule is COc1cc(Cl)c(C)cc1NC(=O)C1(C)CCCN1C(=O)OCc1ccccc1. The predicted molar refractivity (Wildman–Crippen MR) is 112 cm³/mol. The third kappa shape index (κ3) is 4.48. The van der Waals surface area contributed by atoms with Gasteiger partial charge in [0.15, 0.2) is 0 Å². The molecule has 2 aromatic rings. The molecular weight excluding hydrogens is 392 g/mol. The normalized spacial score (nSPS) is 18.4. The Labute approximate surface area is 175 Å². The zero-order valence-corrected chi connectivity index (χ0v) is 17.6. The van der Waals surface area contributed by atoms with Crippen molar-refractivity contribution in [2.24, 2.45) is 0 Å². The van der Waals surface area contributed by atoms with Crippen molar-refractivity contribution in [3.05, 3.63) is 58.6 Å². The molecule has 0 aliphatic carbocycles. The molecule has 154 valence electrons. The number of nitrogens with one attached hydrogen (secondary N) is 1. The molecule has 1 saturated heterocycles. The predicted octanol–water partition coefficient (Wildman–Crippen LogP) is 4.79. The third-order valence-corrected chi connectivity index (χ3v) is 5.69. The van der Waals surface area contributed by atoms with Gasteiger partial charge in [-0.3, -0.25) is 9.69 Å². The monoisotopic (exact) mass is 416 g/mol. The number of halogens is 1. The van der Waals surface area contributed by atoms with Crippen molar-refractivity contribution >= 4 is 29.3 Å². The van der Waals surface area contributed by atoms with Gasteiger partial charge in [0.05, 0.1) is 12.8 Å². The van der Waals surface area contributed by atoms with Gasteiger partial charge in [0, 0.05) is 17.6 Å². The number of carbonyl (C=O) groups excluding carboxylic acids is 2. The Kier molecular flexibility index (Phi) is 6.33. The number of likely N-dealkylation sites (tertiary alicyclic amines) is 1. The van der Waals surface area contributed by atoms with Crippen LogP contribution in [0.2, 0.25) is 5.02 Å². The fourth-order valence-corrected chi connectivity index (χ4v) is 3.63. The number of hydrogen-bond acceptors (Lipinski definition) is 4. The summed E-state index contributed by atoms with van der Waals surface area (Å²) in [6, 6.07) is 12.9. The fraction of sp³-hybridized carbons (Fsp3) is 0.364. The van der Waals surface area contributed by atoms with E-state index in [0.717, 1.165) is 17.5 Å². The molecule has 2 aromatic carbocycles. The molecule has 0 spiro atoms. The molecule has 0 saturated carbocycles. The zero-order valence-electron chi connectivity index (χ0n) is 16.8. The Morgan fingerprint density at radius 3 is 2.66 bits per heavy atom. The first-order valence-electron chi connectivity index (χ1n) is 9.49. The highest BCUT2D eigenvalue weighted by atomic mass is 35.5. The first-order valence-corrected chi connectivity index (χ1v) is 9.87. The molecule has 1 fully saturated rings. The lowest BCUT2D eigenvalue weighted by molar-refractivity contribution is -0.125. The van der Waals surface area contributed by atoms with Gasteiger partial charge in [0.25, 0.3) is 0 Å². The van der Waals surface area contributed by atoms with Crippen LogP contribution in [-0.2, 0) is 16.1 Å². The molecule has 1 aliphatic heterocycles. The second kappa shape index (κ2) is 8.74. The highest BCUT2D eigenvalue weighted by Gasteiger charge is 2.46. The highest BCUT2D eigenvalue weighted by molar-refractivity contribution is 6.31. The number of anilines is 1. The lowest BCUT2D eigenvalue weighted by Gasteiger charge is -2.33. The molecule has 1 unspecified atom stereocenters. The van der Waals surface area contributed by atoms with E-state index in [-0.39, 0.29) is 12.5 Å². The summed E-state index contributed by atoms with van der Waals surface area (Å²) in [4.78, 5) is 27.3. The zero-order chi connectivity index (χ0) is 21.0. The second-order valence-corrected chi connectivity index (χ2v) is 7.73. The van der Waals surface area contributed by atoms with E-state index in [4.69, 9.17) is 21.1 Å². The van der Waals surface area contributed by atoms with E-state index in [1.165, 1.54) is 12.0 Å². The summed E-state index contributed by atoms with van der Waals surface area (Å²) in [7, 11) is 1.52. The van der Waals surface area contributed by atoms with E-state index in [9.17, 15) is 9.59 Å². The van der Waals surface area contributed by atoms with Crippen LogP contribution in [-0.4, -0.2) is 36.1 Å². The molecule has 3 rings (SSSR count). The maximum absolute atomic E-state index is 13.1. The lowest BCUT2D eigenvalue weighted by Crippen LogP contribution is -2.53. The van der Waals surface area contributed by atoms with Gasteiger partial charge in [0.1, 0.15) is 17.9 Å². The Hall–Kier alpha value is -2.73. The maximum Gasteiger partial charge on any atom is 0.410 e. The van der Waals surface area contributed by atoms with E-state index >= 15 is 0 Å². The molecule has 6 nitrogen and oxygen atoms in total. The molecule has 1 aliphatic rings. The Balaban J connectivity index is 1.73. The van der Waals surface area contributed by atoms with Crippen LogP contribution in [0, 0.1) is 6.92 Å². The molecule has 1 heterocycles. The number of rotatable bonds is 5. The minimum atomic E-state index is -1.01. The first kappa shape index (κ1) is 21.0. The van der Waals surface area contributed by atoms with Crippen LogP contribution < -0.4 is 10.1 Å². The minimum Gasteiger partial charge on any atom is -0.495 e. The number of carbonyl (C=O) groups is 2. The molecule has 0 bridgehead atoms. The van der Waals surface area contributed by atoms with Crippen molar-refractivity contribution in [2.75, 3.05) is 19.0 Å². The van der Waals surface area contributed by atoms with Gasteiger partial charge in [-0.1, -0.05) is 41.9 Å². The maximum atomic E-state index is 13.1. The van der Waals surface area contributed by atoms with Gasteiger partial charge in [0.2, 0.25) is 5.91 Å². The van der Waals surface area contributed by atoms with Gasteiger partial charge in [-0.05, 0) is 43.9 Å². The molecule has 2 amide bonds. The van der Waals surface area contributed by atoms with E-state index < -0.39 is 11.6 Å². The molecular formula is C22H25ClN2O4. The van der Waals surface area contributed by atoms with Crippen molar-refractivity contribution in [1.82, 2.24) is 4.90 Å². The second-order valence-electron chi connectivity index (χ2n) is 7.33. The van der Waals surface area contributed by atoms with Crippen LogP contribution in [0.4, 0.5) is 10.5 Å². The number of amides is 2. The van der Waals surface area contributed by atoms with E-state index in [1.807, 2.05) is 37.3 Å². The van der Waals surface area contributed by atoms with E-state index in [0.29, 0.717) is 29.4 Å². The van der Waals surface area contributed by atoms with Crippen molar-refractivity contribution in [3.63, 3.8) is 0 Å². The Morgan fingerprint density at radius 2 is 1.97 bits per heavy atom. The van der Waals surface area contributed by atoms with Crippen molar-refractivity contribution in [3.8, 4) is 5.75 Å². The number of ether oxygens (including phenoxy) is 2. The number of hydrogen-bond donors (Lipinski definition) is 1. The molecule has 1 N–H and O–H groups in total. The number of benzene rings is 2. The van der Waals surface area contributed by atoms with Gasteiger partial charge >= 0.3 is 6.09 Å². The van der Waals surface area contributed by atoms with E-state index in [2.05, 4.69) is 5.32 Å². The Morgan fingerprint density at radius 1 is 1.24 bits per heavy atom. The summed E-state index contributed by atoms with van der Waals surface area (Å²) in [6.45, 7) is 4.24.